The molecule has 1 aromatic heterocycles. The van der Waals surface area contributed by atoms with Gasteiger partial charge in [0, 0.05) is 28.0 Å². The van der Waals surface area contributed by atoms with E-state index in [0.717, 1.165) is 22.2 Å². The predicted octanol–water partition coefficient (Wildman–Crippen LogP) is 2.63. The highest BCUT2D eigenvalue weighted by molar-refractivity contribution is 6.31. The molecule has 7 nitrogen and oxygen atoms in total. The van der Waals surface area contributed by atoms with Crippen LogP contribution in [0.5, 0.6) is 0 Å². The van der Waals surface area contributed by atoms with Gasteiger partial charge in [-0.1, -0.05) is 31.5 Å². The number of aromatic nitrogens is 1. The third-order valence-corrected chi connectivity index (χ3v) is 5.78. The summed E-state index contributed by atoms with van der Waals surface area (Å²) in [6.07, 6.45) is 0.642. The van der Waals surface area contributed by atoms with Crippen molar-refractivity contribution in [2.75, 3.05) is 0 Å². The molecule has 1 saturated heterocycles. The van der Waals surface area contributed by atoms with Gasteiger partial charge in [0.2, 0.25) is 11.8 Å². The van der Waals surface area contributed by atoms with Crippen molar-refractivity contribution in [2.45, 2.75) is 51.2 Å². The molecule has 3 N–H and O–H groups in total. The molecule has 4 rings (SSSR count). The molecule has 2 aliphatic rings. The van der Waals surface area contributed by atoms with Gasteiger partial charge < -0.3 is 20.3 Å². The van der Waals surface area contributed by atoms with Crippen molar-refractivity contribution in [1.29, 1.82) is 0 Å². The Hall–Kier alpha value is -2.54. The summed E-state index contributed by atoms with van der Waals surface area (Å²) in [5, 5.41) is 13.3. The van der Waals surface area contributed by atoms with Gasteiger partial charge in [0.25, 0.3) is 0 Å². The monoisotopic (exact) mass is 403 g/mol. The van der Waals surface area contributed by atoms with Gasteiger partial charge in [-0.05, 0) is 30.0 Å². The van der Waals surface area contributed by atoms with Crippen LogP contribution in [0.4, 0.5) is 0 Å². The molecule has 0 radical (unpaired) electrons. The minimum Gasteiger partial charge on any atom is -0.481 e. The van der Waals surface area contributed by atoms with Crippen LogP contribution in [0.3, 0.4) is 0 Å². The number of carbonyl (C=O) groups is 3. The summed E-state index contributed by atoms with van der Waals surface area (Å²) in [7, 11) is 0. The molecule has 3 heterocycles. The lowest BCUT2D eigenvalue weighted by Crippen LogP contribution is -2.66. The number of aromatic amines is 1. The molecule has 148 valence electrons. The van der Waals surface area contributed by atoms with Crippen LogP contribution in [0.15, 0.2) is 18.2 Å². The molecule has 8 heteroatoms. The molecule has 2 aliphatic heterocycles. The Labute approximate surface area is 167 Å². The van der Waals surface area contributed by atoms with Gasteiger partial charge in [0.15, 0.2) is 0 Å². The van der Waals surface area contributed by atoms with E-state index in [1.54, 1.807) is 4.90 Å². The summed E-state index contributed by atoms with van der Waals surface area (Å²) in [6.45, 7) is 4.12. The number of rotatable bonds is 4. The summed E-state index contributed by atoms with van der Waals surface area (Å²) in [5.41, 5.74) is 2.82. The van der Waals surface area contributed by atoms with E-state index in [1.165, 1.54) is 0 Å². The first kappa shape index (κ1) is 18.8. The summed E-state index contributed by atoms with van der Waals surface area (Å²) >= 11 is 6.13. The average molecular weight is 404 g/mol. The minimum absolute atomic E-state index is 0.280. The summed E-state index contributed by atoms with van der Waals surface area (Å²) in [4.78, 5) is 42.1. The molecule has 0 spiro atoms. The second-order valence-corrected chi connectivity index (χ2v) is 8.41. The van der Waals surface area contributed by atoms with Gasteiger partial charge >= 0.3 is 5.97 Å². The first-order valence-electron chi connectivity index (χ1n) is 9.40. The summed E-state index contributed by atoms with van der Waals surface area (Å²) in [5.74, 6) is -1.47. The molecule has 1 aromatic carbocycles. The van der Waals surface area contributed by atoms with Crippen LogP contribution in [-0.4, -0.2) is 44.9 Å². The average Bonchev–Trinajstić information content (AvgIpc) is 2.96. The number of nitrogens with one attached hydrogen (secondary N) is 2. The molecule has 0 bridgehead atoms. The number of piperazine rings is 1. The zero-order chi connectivity index (χ0) is 20.2. The Morgan fingerprint density at radius 1 is 1.36 bits per heavy atom. The highest BCUT2D eigenvalue weighted by Crippen LogP contribution is 2.42. The molecular formula is C20H22ClN3O4. The molecule has 0 unspecified atom stereocenters. The maximum absolute atomic E-state index is 13.1. The topological polar surface area (TPSA) is 102 Å². The fourth-order valence-corrected chi connectivity index (χ4v) is 4.60. The lowest BCUT2D eigenvalue weighted by Gasteiger charge is -2.46. The van der Waals surface area contributed by atoms with Crippen LogP contribution < -0.4 is 5.32 Å². The smallest absolute Gasteiger partial charge is 0.305 e. The SMILES string of the molecule is CC(C)C[C@H]1c2[nH]c3cc(Cl)ccc3c2C[C@H]2C(=O)N[C@@H](CC(=O)O)C(=O)N21. The van der Waals surface area contributed by atoms with Crippen molar-refractivity contribution >= 4 is 40.3 Å². The van der Waals surface area contributed by atoms with E-state index in [0.29, 0.717) is 17.9 Å². The molecule has 0 saturated carbocycles. The van der Waals surface area contributed by atoms with Gasteiger partial charge in [-0.2, -0.15) is 0 Å². The molecule has 2 amide bonds. The fraction of sp³-hybridized carbons (Fsp3) is 0.450. The van der Waals surface area contributed by atoms with Gasteiger partial charge in [-0.15, -0.1) is 0 Å². The Balaban J connectivity index is 1.83. The Morgan fingerprint density at radius 3 is 2.79 bits per heavy atom. The van der Waals surface area contributed by atoms with Crippen molar-refractivity contribution in [2.24, 2.45) is 5.92 Å². The van der Waals surface area contributed by atoms with E-state index in [2.05, 4.69) is 24.1 Å². The number of amides is 2. The van der Waals surface area contributed by atoms with E-state index >= 15 is 0 Å². The number of halogens is 1. The van der Waals surface area contributed by atoms with Crippen LogP contribution in [0.2, 0.25) is 5.02 Å². The van der Waals surface area contributed by atoms with E-state index in [1.807, 2.05) is 18.2 Å². The largest absolute Gasteiger partial charge is 0.481 e. The number of fused-ring (bicyclic) bond motifs is 4. The molecule has 3 atom stereocenters. The highest BCUT2D eigenvalue weighted by Gasteiger charge is 2.48. The molecule has 2 aromatic rings. The highest BCUT2D eigenvalue weighted by atomic mass is 35.5. The van der Waals surface area contributed by atoms with Crippen molar-refractivity contribution in [1.82, 2.24) is 15.2 Å². The summed E-state index contributed by atoms with van der Waals surface area (Å²) < 4.78 is 0. The van der Waals surface area contributed by atoms with Crippen molar-refractivity contribution in [3.63, 3.8) is 0 Å². The van der Waals surface area contributed by atoms with E-state index in [-0.39, 0.29) is 23.8 Å². The molecular weight excluding hydrogens is 382 g/mol. The number of carboxylic acid groups (broad SMARTS) is 1. The first-order valence-corrected chi connectivity index (χ1v) is 9.78. The normalized spacial score (nSPS) is 24.3. The van der Waals surface area contributed by atoms with Gasteiger partial charge in [0.1, 0.15) is 12.1 Å². The third-order valence-electron chi connectivity index (χ3n) is 5.55. The minimum atomic E-state index is -1.12. The van der Waals surface area contributed by atoms with E-state index in [9.17, 15) is 14.4 Å². The lowest BCUT2D eigenvalue weighted by atomic mass is 9.85. The standard InChI is InChI=1S/C20H22ClN3O4/c1-9(2)5-15-18-12(11-4-3-10(21)6-13(11)22-18)7-16-19(27)23-14(8-17(25)26)20(28)24(15)16/h3-4,6,9,14-16,22H,5,7-8H2,1-2H3,(H,23,27)(H,25,26)/t14-,15-,16-/m0/s1. The second kappa shape index (κ2) is 6.81. The molecule has 28 heavy (non-hydrogen) atoms. The number of nitrogens with zero attached hydrogens (tertiary/aromatic N) is 1. The Bertz CT molecular complexity index is 983. The van der Waals surface area contributed by atoms with Crippen LogP contribution in [-0.2, 0) is 20.8 Å². The first-order chi connectivity index (χ1) is 13.3. The zero-order valence-corrected chi connectivity index (χ0v) is 16.4. The zero-order valence-electron chi connectivity index (χ0n) is 15.7. The van der Waals surface area contributed by atoms with Crippen LogP contribution in [0.25, 0.3) is 10.9 Å². The number of hydrogen-bond acceptors (Lipinski definition) is 3. The van der Waals surface area contributed by atoms with Crippen LogP contribution in [0, 0.1) is 5.92 Å². The summed E-state index contributed by atoms with van der Waals surface area (Å²) in [6, 6.07) is 3.62. The maximum Gasteiger partial charge on any atom is 0.305 e. The Kier molecular flexibility index (Phi) is 4.57. The number of carboxylic acids is 1. The number of H-pyrrole nitrogens is 1. The van der Waals surface area contributed by atoms with Crippen molar-refractivity contribution < 1.29 is 19.5 Å². The van der Waals surface area contributed by atoms with Crippen molar-refractivity contribution in [3.8, 4) is 0 Å². The van der Waals surface area contributed by atoms with E-state index < -0.39 is 24.5 Å². The predicted molar refractivity (Wildman–Crippen MR) is 104 cm³/mol. The van der Waals surface area contributed by atoms with Gasteiger partial charge in [0.05, 0.1) is 12.5 Å². The lowest BCUT2D eigenvalue weighted by molar-refractivity contribution is -0.156. The van der Waals surface area contributed by atoms with E-state index in [4.69, 9.17) is 16.7 Å². The number of benzene rings is 1. The fourth-order valence-electron chi connectivity index (χ4n) is 4.43. The van der Waals surface area contributed by atoms with Crippen molar-refractivity contribution in [3.05, 3.63) is 34.5 Å². The molecule has 1 fully saturated rings. The second-order valence-electron chi connectivity index (χ2n) is 7.98. The van der Waals surface area contributed by atoms with Gasteiger partial charge in [-0.25, -0.2) is 0 Å². The number of hydrogen-bond donors (Lipinski definition) is 3. The maximum atomic E-state index is 13.1. The molecule has 0 aliphatic carbocycles. The number of aliphatic carboxylic acids is 1. The Morgan fingerprint density at radius 2 is 2.11 bits per heavy atom. The van der Waals surface area contributed by atoms with Gasteiger partial charge in [-0.3, -0.25) is 14.4 Å². The quantitative estimate of drug-likeness (QED) is 0.730. The van der Waals surface area contributed by atoms with Crippen LogP contribution >= 0.6 is 11.6 Å². The third kappa shape index (κ3) is 3.03. The van der Waals surface area contributed by atoms with Crippen LogP contribution in [0.1, 0.15) is 44.0 Å². The number of carbonyl (C=O) groups excluding carboxylic acids is 2.